The zero-order chi connectivity index (χ0) is 10.8. The fourth-order valence-corrected chi connectivity index (χ4v) is 2.46. The Hall–Kier alpha value is -0.420. The Morgan fingerprint density at radius 1 is 1.64 bits per heavy atom. The van der Waals surface area contributed by atoms with Gasteiger partial charge in [-0.15, -0.1) is 0 Å². The molecule has 2 unspecified atom stereocenters. The van der Waals surface area contributed by atoms with E-state index in [1.54, 1.807) is 0 Å². The van der Waals surface area contributed by atoms with Crippen LogP contribution in [0, 0.1) is 0 Å². The van der Waals surface area contributed by atoms with Crippen molar-refractivity contribution in [2.45, 2.75) is 37.5 Å². The van der Waals surface area contributed by atoms with E-state index in [1.165, 1.54) is 13.8 Å². The molecular formula is C9H16O4S. The molecule has 14 heavy (non-hydrogen) atoms. The minimum atomic E-state index is -1.37. The molecule has 0 bridgehead atoms. The Morgan fingerprint density at radius 2 is 2.29 bits per heavy atom. The van der Waals surface area contributed by atoms with Crippen LogP contribution < -0.4 is 0 Å². The lowest BCUT2D eigenvalue weighted by atomic mass is 10.2. The van der Waals surface area contributed by atoms with E-state index in [0.29, 0.717) is 12.4 Å². The van der Waals surface area contributed by atoms with E-state index in [0.717, 1.165) is 12.8 Å². The maximum atomic E-state index is 11.7. The summed E-state index contributed by atoms with van der Waals surface area (Å²) in [6, 6.07) is 0. The van der Waals surface area contributed by atoms with E-state index >= 15 is 0 Å². The van der Waals surface area contributed by atoms with E-state index in [4.69, 9.17) is 9.84 Å². The maximum absolute atomic E-state index is 11.7. The van der Waals surface area contributed by atoms with Crippen LogP contribution >= 0.6 is 0 Å². The monoisotopic (exact) mass is 220 g/mol. The number of carboxylic acids is 1. The van der Waals surface area contributed by atoms with Crippen LogP contribution in [-0.2, 0) is 20.3 Å². The highest BCUT2D eigenvalue weighted by Crippen LogP contribution is 2.19. The summed E-state index contributed by atoms with van der Waals surface area (Å²) in [5.74, 6) is -0.687. The highest BCUT2D eigenvalue weighted by molar-refractivity contribution is 7.87. The first-order chi connectivity index (χ1) is 6.44. The molecule has 0 spiro atoms. The normalized spacial score (nSPS) is 24.9. The SMILES string of the molecule is CC(C)(C(=O)O)S(=O)CC1CCCO1. The quantitative estimate of drug-likeness (QED) is 0.760. The van der Waals surface area contributed by atoms with Gasteiger partial charge in [0.15, 0.2) is 0 Å². The second kappa shape index (κ2) is 4.40. The molecule has 0 aromatic rings. The highest BCUT2D eigenvalue weighted by Gasteiger charge is 2.36. The predicted octanol–water partition coefficient (Wildman–Crippen LogP) is 0.777. The Labute approximate surface area is 86.1 Å². The molecule has 0 aromatic heterocycles. The summed E-state index contributed by atoms with van der Waals surface area (Å²) < 4.78 is 15.9. The summed E-state index contributed by atoms with van der Waals surface area (Å²) in [7, 11) is -1.37. The predicted molar refractivity (Wildman–Crippen MR) is 53.7 cm³/mol. The highest BCUT2D eigenvalue weighted by atomic mass is 32.2. The van der Waals surface area contributed by atoms with Crippen molar-refractivity contribution >= 4 is 16.8 Å². The van der Waals surface area contributed by atoms with Crippen LogP contribution in [-0.4, -0.2) is 38.5 Å². The molecule has 0 radical (unpaired) electrons. The molecule has 0 aliphatic carbocycles. The molecule has 5 heteroatoms. The lowest BCUT2D eigenvalue weighted by molar-refractivity contribution is -0.139. The number of ether oxygens (including phenoxy) is 1. The van der Waals surface area contributed by atoms with Crippen LogP contribution in [0.4, 0.5) is 0 Å². The minimum Gasteiger partial charge on any atom is -0.480 e. The molecule has 1 aliphatic rings. The molecule has 2 atom stereocenters. The fourth-order valence-electron chi connectivity index (χ4n) is 1.25. The molecule has 1 aliphatic heterocycles. The molecular weight excluding hydrogens is 204 g/mol. The van der Waals surface area contributed by atoms with Crippen molar-refractivity contribution < 1.29 is 18.8 Å². The number of rotatable bonds is 4. The Morgan fingerprint density at radius 3 is 2.71 bits per heavy atom. The van der Waals surface area contributed by atoms with Crippen molar-refractivity contribution in [3.8, 4) is 0 Å². The molecule has 1 rings (SSSR count). The van der Waals surface area contributed by atoms with Gasteiger partial charge in [-0.1, -0.05) is 0 Å². The zero-order valence-electron chi connectivity index (χ0n) is 8.49. The Kier molecular flexibility index (Phi) is 3.66. The number of carbonyl (C=O) groups is 1. The lowest BCUT2D eigenvalue weighted by Crippen LogP contribution is -2.39. The third-order valence-electron chi connectivity index (χ3n) is 2.45. The Bertz CT molecular complexity index is 243. The van der Waals surface area contributed by atoms with Crippen LogP contribution in [0.25, 0.3) is 0 Å². The second-order valence-electron chi connectivity index (χ2n) is 3.96. The van der Waals surface area contributed by atoms with Gasteiger partial charge in [0.2, 0.25) is 0 Å². The van der Waals surface area contributed by atoms with Gasteiger partial charge in [-0.25, -0.2) is 0 Å². The van der Waals surface area contributed by atoms with Crippen LogP contribution in [0.15, 0.2) is 0 Å². The number of hydrogen-bond acceptors (Lipinski definition) is 3. The van der Waals surface area contributed by atoms with E-state index in [1.807, 2.05) is 0 Å². The first kappa shape index (κ1) is 11.7. The first-order valence-electron chi connectivity index (χ1n) is 4.68. The van der Waals surface area contributed by atoms with Crippen molar-refractivity contribution in [3.05, 3.63) is 0 Å². The van der Waals surface area contributed by atoms with Gasteiger partial charge in [-0.3, -0.25) is 9.00 Å². The maximum Gasteiger partial charge on any atom is 0.321 e. The first-order valence-corrected chi connectivity index (χ1v) is 6.00. The number of hydrogen-bond donors (Lipinski definition) is 1. The van der Waals surface area contributed by atoms with Crippen LogP contribution in [0.1, 0.15) is 26.7 Å². The van der Waals surface area contributed by atoms with Gasteiger partial charge < -0.3 is 9.84 Å². The zero-order valence-corrected chi connectivity index (χ0v) is 9.30. The summed E-state index contributed by atoms with van der Waals surface area (Å²) in [6.45, 7) is 3.68. The average Bonchev–Trinajstić information content (AvgIpc) is 2.56. The van der Waals surface area contributed by atoms with E-state index in [9.17, 15) is 9.00 Å². The molecule has 1 saturated heterocycles. The molecule has 0 saturated carbocycles. The largest absolute Gasteiger partial charge is 0.480 e. The van der Waals surface area contributed by atoms with Gasteiger partial charge in [0.05, 0.1) is 11.9 Å². The smallest absolute Gasteiger partial charge is 0.321 e. The van der Waals surface area contributed by atoms with Gasteiger partial charge >= 0.3 is 5.97 Å². The van der Waals surface area contributed by atoms with Crippen LogP contribution in [0.3, 0.4) is 0 Å². The Balaban J connectivity index is 2.52. The molecule has 0 amide bonds. The summed E-state index contributed by atoms with van der Waals surface area (Å²) in [5.41, 5.74) is 0. The standard InChI is InChI=1S/C9H16O4S/c1-9(2,8(10)11)14(12)6-7-4-3-5-13-7/h7H,3-6H2,1-2H3,(H,10,11). The fraction of sp³-hybridized carbons (Fsp3) is 0.889. The summed E-state index contributed by atoms with van der Waals surface area (Å²) in [4.78, 5) is 10.8. The van der Waals surface area contributed by atoms with Crippen molar-refractivity contribution in [2.24, 2.45) is 0 Å². The van der Waals surface area contributed by atoms with E-state index < -0.39 is 21.5 Å². The summed E-state index contributed by atoms with van der Waals surface area (Å²) >= 11 is 0. The summed E-state index contributed by atoms with van der Waals surface area (Å²) in [5, 5.41) is 8.85. The number of aliphatic carboxylic acids is 1. The summed E-state index contributed by atoms with van der Waals surface area (Å²) in [6.07, 6.45) is 1.85. The van der Waals surface area contributed by atoms with Crippen molar-refractivity contribution in [2.75, 3.05) is 12.4 Å². The third kappa shape index (κ3) is 2.54. The van der Waals surface area contributed by atoms with Crippen LogP contribution in [0.5, 0.6) is 0 Å². The molecule has 82 valence electrons. The van der Waals surface area contributed by atoms with Crippen molar-refractivity contribution in [1.29, 1.82) is 0 Å². The van der Waals surface area contributed by atoms with Crippen LogP contribution in [0.2, 0.25) is 0 Å². The van der Waals surface area contributed by atoms with Gasteiger partial charge in [-0.05, 0) is 26.7 Å². The molecule has 1 N–H and O–H groups in total. The minimum absolute atomic E-state index is 0.0190. The van der Waals surface area contributed by atoms with Crippen molar-refractivity contribution in [1.82, 2.24) is 0 Å². The molecule has 0 aromatic carbocycles. The topological polar surface area (TPSA) is 63.6 Å². The van der Waals surface area contributed by atoms with Crippen molar-refractivity contribution in [3.63, 3.8) is 0 Å². The second-order valence-corrected chi connectivity index (χ2v) is 6.01. The van der Waals surface area contributed by atoms with E-state index in [-0.39, 0.29) is 6.10 Å². The van der Waals surface area contributed by atoms with Gasteiger partial charge in [-0.2, -0.15) is 0 Å². The molecule has 1 fully saturated rings. The molecule has 4 nitrogen and oxygen atoms in total. The van der Waals surface area contributed by atoms with Gasteiger partial charge in [0.25, 0.3) is 0 Å². The van der Waals surface area contributed by atoms with E-state index in [2.05, 4.69) is 0 Å². The lowest BCUT2D eigenvalue weighted by Gasteiger charge is -2.20. The third-order valence-corrected chi connectivity index (χ3v) is 4.43. The molecule has 1 heterocycles. The van der Waals surface area contributed by atoms with Gasteiger partial charge in [0.1, 0.15) is 4.75 Å². The number of carboxylic acid groups (broad SMARTS) is 1. The average molecular weight is 220 g/mol. The van der Waals surface area contributed by atoms with Gasteiger partial charge in [0, 0.05) is 17.4 Å².